The molecular formula is C16H18N2S. The van der Waals surface area contributed by atoms with Gasteiger partial charge in [0.25, 0.3) is 0 Å². The van der Waals surface area contributed by atoms with Crippen molar-refractivity contribution in [2.24, 2.45) is 5.73 Å². The molecule has 19 heavy (non-hydrogen) atoms. The highest BCUT2D eigenvalue weighted by atomic mass is 32.1. The molecule has 0 fully saturated rings. The van der Waals surface area contributed by atoms with Gasteiger partial charge in [0.05, 0.1) is 0 Å². The van der Waals surface area contributed by atoms with Gasteiger partial charge in [0.15, 0.2) is 5.11 Å². The number of hydrogen-bond donors (Lipinski definition) is 1. The van der Waals surface area contributed by atoms with Gasteiger partial charge >= 0.3 is 0 Å². The molecule has 0 aliphatic rings. The Kier molecular flexibility index (Phi) is 4.93. The van der Waals surface area contributed by atoms with Crippen molar-refractivity contribution in [3.8, 4) is 0 Å². The standard InChI is InChI=1S/C16H18N2S/c17-16(19)18(13-15-9-5-2-6-10-15)12-11-14-7-3-1-4-8-14/h1-10H,11-13H2,(H2,17,19). The number of nitrogens with two attached hydrogens (primary N) is 1. The summed E-state index contributed by atoms with van der Waals surface area (Å²) in [7, 11) is 0. The molecule has 0 bridgehead atoms. The number of benzene rings is 2. The quantitative estimate of drug-likeness (QED) is 0.847. The highest BCUT2D eigenvalue weighted by molar-refractivity contribution is 7.80. The van der Waals surface area contributed by atoms with Gasteiger partial charge in [0.1, 0.15) is 0 Å². The summed E-state index contributed by atoms with van der Waals surface area (Å²) in [6, 6.07) is 20.6. The monoisotopic (exact) mass is 270 g/mol. The topological polar surface area (TPSA) is 29.3 Å². The lowest BCUT2D eigenvalue weighted by atomic mass is 10.1. The molecule has 0 aliphatic heterocycles. The molecule has 0 amide bonds. The fraction of sp³-hybridized carbons (Fsp3) is 0.188. The number of rotatable bonds is 5. The zero-order valence-corrected chi connectivity index (χ0v) is 11.6. The van der Waals surface area contributed by atoms with Crippen molar-refractivity contribution in [1.29, 1.82) is 0 Å². The predicted octanol–water partition coefficient (Wildman–Crippen LogP) is 2.97. The molecule has 3 heteroatoms. The minimum Gasteiger partial charge on any atom is -0.376 e. The number of thiocarbonyl (C=S) groups is 1. The summed E-state index contributed by atoms with van der Waals surface area (Å²) in [5.41, 5.74) is 8.33. The SMILES string of the molecule is NC(=S)N(CCc1ccccc1)Cc1ccccc1. The van der Waals surface area contributed by atoms with Gasteiger partial charge in [-0.25, -0.2) is 0 Å². The molecule has 0 saturated heterocycles. The van der Waals surface area contributed by atoms with Crippen molar-refractivity contribution in [3.63, 3.8) is 0 Å². The van der Waals surface area contributed by atoms with E-state index in [-0.39, 0.29) is 0 Å². The minimum absolute atomic E-state index is 0.458. The lowest BCUT2D eigenvalue weighted by Crippen LogP contribution is -2.36. The lowest BCUT2D eigenvalue weighted by Gasteiger charge is -2.23. The van der Waals surface area contributed by atoms with Crippen LogP contribution >= 0.6 is 12.2 Å². The van der Waals surface area contributed by atoms with E-state index in [4.69, 9.17) is 18.0 Å². The Balaban J connectivity index is 1.95. The smallest absolute Gasteiger partial charge is 0.166 e. The molecule has 0 atom stereocenters. The maximum absolute atomic E-state index is 5.81. The Bertz CT molecular complexity index is 511. The second-order valence-electron chi connectivity index (χ2n) is 4.48. The first kappa shape index (κ1) is 13.6. The molecule has 2 N–H and O–H groups in total. The molecule has 0 saturated carbocycles. The van der Waals surface area contributed by atoms with Crippen LogP contribution in [0, 0.1) is 0 Å². The summed E-state index contributed by atoms with van der Waals surface area (Å²) in [6.07, 6.45) is 0.949. The van der Waals surface area contributed by atoms with Crippen LogP contribution in [0.2, 0.25) is 0 Å². The fourth-order valence-electron chi connectivity index (χ4n) is 1.98. The molecule has 98 valence electrons. The highest BCUT2D eigenvalue weighted by Gasteiger charge is 2.07. The number of hydrogen-bond acceptors (Lipinski definition) is 1. The second-order valence-corrected chi connectivity index (χ2v) is 4.90. The van der Waals surface area contributed by atoms with Crippen LogP contribution in [-0.2, 0) is 13.0 Å². The Labute approximate surface area is 119 Å². The Morgan fingerprint density at radius 3 is 1.95 bits per heavy atom. The summed E-state index contributed by atoms with van der Waals surface area (Å²) in [5, 5.41) is 0.458. The minimum atomic E-state index is 0.458. The van der Waals surface area contributed by atoms with Crippen LogP contribution < -0.4 is 5.73 Å². The Morgan fingerprint density at radius 2 is 1.42 bits per heavy atom. The summed E-state index contributed by atoms with van der Waals surface area (Å²) in [6.45, 7) is 1.61. The van der Waals surface area contributed by atoms with Gasteiger partial charge < -0.3 is 10.6 Å². The van der Waals surface area contributed by atoms with Gasteiger partial charge in [0.2, 0.25) is 0 Å². The molecule has 0 aliphatic carbocycles. The average Bonchev–Trinajstić information content (AvgIpc) is 2.45. The third-order valence-corrected chi connectivity index (χ3v) is 3.30. The van der Waals surface area contributed by atoms with Gasteiger partial charge in [-0.1, -0.05) is 60.7 Å². The second kappa shape index (κ2) is 6.90. The van der Waals surface area contributed by atoms with Crippen LogP contribution in [0.4, 0.5) is 0 Å². The van der Waals surface area contributed by atoms with E-state index in [2.05, 4.69) is 36.4 Å². The van der Waals surface area contributed by atoms with Crippen molar-refractivity contribution in [2.75, 3.05) is 6.54 Å². The van der Waals surface area contributed by atoms with E-state index in [1.807, 2.05) is 29.2 Å². The van der Waals surface area contributed by atoms with Crippen molar-refractivity contribution in [3.05, 3.63) is 71.8 Å². The van der Waals surface area contributed by atoms with Crippen LogP contribution in [0.5, 0.6) is 0 Å². The molecule has 0 spiro atoms. The fourth-order valence-corrected chi connectivity index (χ4v) is 2.14. The Hall–Kier alpha value is -1.87. The van der Waals surface area contributed by atoms with Gasteiger partial charge in [0, 0.05) is 13.1 Å². The predicted molar refractivity (Wildman–Crippen MR) is 83.8 cm³/mol. The molecule has 0 unspecified atom stereocenters. The molecule has 2 aromatic rings. The molecule has 0 radical (unpaired) electrons. The van der Waals surface area contributed by atoms with Gasteiger partial charge in [-0.2, -0.15) is 0 Å². The van der Waals surface area contributed by atoms with Crippen molar-refractivity contribution in [2.45, 2.75) is 13.0 Å². The zero-order valence-electron chi connectivity index (χ0n) is 10.8. The largest absolute Gasteiger partial charge is 0.376 e. The summed E-state index contributed by atoms with van der Waals surface area (Å²) < 4.78 is 0. The van der Waals surface area contributed by atoms with Crippen molar-refractivity contribution < 1.29 is 0 Å². The normalized spacial score (nSPS) is 10.1. The van der Waals surface area contributed by atoms with Crippen molar-refractivity contribution >= 4 is 17.3 Å². The van der Waals surface area contributed by atoms with Crippen LogP contribution in [0.1, 0.15) is 11.1 Å². The van der Waals surface area contributed by atoms with Crippen LogP contribution in [0.15, 0.2) is 60.7 Å². The van der Waals surface area contributed by atoms with E-state index in [1.165, 1.54) is 11.1 Å². The first-order valence-electron chi connectivity index (χ1n) is 6.38. The first-order valence-corrected chi connectivity index (χ1v) is 6.79. The highest BCUT2D eigenvalue weighted by Crippen LogP contribution is 2.07. The van der Waals surface area contributed by atoms with E-state index in [0.29, 0.717) is 5.11 Å². The van der Waals surface area contributed by atoms with Crippen molar-refractivity contribution in [1.82, 2.24) is 4.90 Å². The summed E-state index contributed by atoms with van der Waals surface area (Å²) in [4.78, 5) is 2.04. The van der Waals surface area contributed by atoms with E-state index < -0.39 is 0 Å². The molecule has 2 aromatic carbocycles. The van der Waals surface area contributed by atoms with E-state index >= 15 is 0 Å². The lowest BCUT2D eigenvalue weighted by molar-refractivity contribution is 0.420. The van der Waals surface area contributed by atoms with Gasteiger partial charge in [-0.05, 0) is 29.8 Å². The molecular weight excluding hydrogens is 252 g/mol. The molecule has 0 heterocycles. The summed E-state index contributed by atoms with van der Waals surface area (Å²) >= 11 is 5.14. The Morgan fingerprint density at radius 1 is 0.895 bits per heavy atom. The van der Waals surface area contributed by atoms with Gasteiger partial charge in [-0.3, -0.25) is 0 Å². The van der Waals surface area contributed by atoms with Gasteiger partial charge in [-0.15, -0.1) is 0 Å². The summed E-state index contributed by atoms with van der Waals surface area (Å²) in [5.74, 6) is 0. The van der Waals surface area contributed by atoms with E-state index in [1.54, 1.807) is 0 Å². The van der Waals surface area contributed by atoms with E-state index in [0.717, 1.165) is 19.5 Å². The molecule has 2 nitrogen and oxygen atoms in total. The maximum Gasteiger partial charge on any atom is 0.166 e. The van der Waals surface area contributed by atoms with E-state index in [9.17, 15) is 0 Å². The number of nitrogens with zero attached hydrogens (tertiary/aromatic N) is 1. The third kappa shape index (κ3) is 4.38. The third-order valence-electron chi connectivity index (χ3n) is 3.04. The molecule has 0 aromatic heterocycles. The van der Waals surface area contributed by atoms with Crippen LogP contribution in [-0.4, -0.2) is 16.6 Å². The maximum atomic E-state index is 5.81. The average molecular weight is 270 g/mol. The molecule has 2 rings (SSSR count). The first-order chi connectivity index (χ1) is 9.25. The van der Waals surface area contributed by atoms with Crippen LogP contribution in [0.3, 0.4) is 0 Å². The van der Waals surface area contributed by atoms with Crippen LogP contribution in [0.25, 0.3) is 0 Å². The zero-order chi connectivity index (χ0) is 13.5.